The number of hydrogen-bond acceptors (Lipinski definition) is 5. The van der Waals surface area contributed by atoms with E-state index in [-0.39, 0.29) is 12.3 Å². The highest BCUT2D eigenvalue weighted by Gasteiger charge is 2.13. The van der Waals surface area contributed by atoms with Gasteiger partial charge in [-0.15, -0.1) is 0 Å². The van der Waals surface area contributed by atoms with E-state index in [0.29, 0.717) is 30.3 Å². The number of hydrogen-bond donors (Lipinski definition) is 3. The number of halogens is 3. The van der Waals surface area contributed by atoms with E-state index in [1.54, 1.807) is 30.3 Å². The first-order valence-electron chi connectivity index (χ1n) is 7.44. The molecule has 0 atom stereocenters. The Morgan fingerprint density at radius 3 is 2.63 bits per heavy atom. The number of carbonyl (C=O) groups excluding carboxylic acids is 2. The number of ether oxygens (including phenoxy) is 1. The highest BCUT2D eigenvalue weighted by Crippen LogP contribution is 2.38. The summed E-state index contributed by atoms with van der Waals surface area (Å²) >= 11 is 9.81. The molecule has 0 fully saturated rings. The molecule has 3 N–H and O–H groups in total. The Kier molecular flexibility index (Phi) is 7.81. The zero-order valence-corrected chi connectivity index (χ0v) is 18.7. The molecule has 0 aromatic heterocycles. The van der Waals surface area contributed by atoms with E-state index < -0.39 is 11.8 Å². The Bertz CT molecular complexity index is 903. The van der Waals surface area contributed by atoms with Gasteiger partial charge in [-0.05, 0) is 50.1 Å². The van der Waals surface area contributed by atoms with Crippen LogP contribution in [-0.4, -0.2) is 36.8 Å². The third kappa shape index (κ3) is 5.53. The summed E-state index contributed by atoms with van der Waals surface area (Å²) in [5.41, 5.74) is 3.17. The number of carbonyl (C=O) groups is 2. The van der Waals surface area contributed by atoms with Crippen LogP contribution in [0.15, 0.2) is 48.9 Å². The third-order valence-electron chi connectivity index (χ3n) is 3.33. The molecule has 0 radical (unpaired) electrons. The molecular formula is C17H14Br3N3O4. The van der Waals surface area contributed by atoms with E-state index in [0.717, 1.165) is 0 Å². The lowest BCUT2D eigenvalue weighted by Gasteiger charge is -2.08. The predicted molar refractivity (Wildman–Crippen MR) is 112 cm³/mol. The maximum absolute atomic E-state index is 12.1. The zero-order valence-electron chi connectivity index (χ0n) is 13.9. The van der Waals surface area contributed by atoms with Gasteiger partial charge in [0, 0.05) is 10.0 Å². The summed E-state index contributed by atoms with van der Waals surface area (Å²) in [4.78, 5) is 24.0. The van der Waals surface area contributed by atoms with Gasteiger partial charge in [0.05, 0.1) is 34.4 Å². The number of methoxy groups -OCH3 is 1. The van der Waals surface area contributed by atoms with Gasteiger partial charge in [0.25, 0.3) is 11.8 Å². The van der Waals surface area contributed by atoms with Crippen molar-refractivity contribution in [1.29, 1.82) is 0 Å². The van der Waals surface area contributed by atoms with Crippen LogP contribution in [0.25, 0.3) is 0 Å². The smallest absolute Gasteiger partial charge is 0.259 e. The molecule has 0 spiro atoms. The van der Waals surface area contributed by atoms with E-state index in [1.165, 1.54) is 13.3 Å². The van der Waals surface area contributed by atoms with Crippen molar-refractivity contribution in [2.75, 3.05) is 13.7 Å². The average molecular weight is 564 g/mol. The number of nitrogens with zero attached hydrogens (tertiary/aromatic N) is 1. The summed E-state index contributed by atoms with van der Waals surface area (Å²) in [5.74, 6) is -0.522. The molecule has 0 saturated heterocycles. The van der Waals surface area contributed by atoms with Gasteiger partial charge < -0.3 is 15.2 Å². The molecule has 0 aliphatic heterocycles. The standard InChI is InChI=1S/C17H14Br3N3O4/c1-27-13-5-3-2-4-9(13)17(26)21-8-14(24)23-22-7-10-11(18)6-12(19)16(25)15(10)20/h2-7,25H,8H2,1H3,(H,21,26)(H,23,24)/b22-7-. The van der Waals surface area contributed by atoms with Crippen molar-refractivity contribution in [1.82, 2.24) is 10.7 Å². The number of nitrogens with one attached hydrogen (secondary N) is 2. The molecule has 2 aromatic carbocycles. The molecule has 27 heavy (non-hydrogen) atoms. The molecule has 0 saturated carbocycles. The summed E-state index contributed by atoms with van der Waals surface area (Å²) in [5, 5.41) is 16.2. The van der Waals surface area contributed by atoms with Crippen molar-refractivity contribution in [3.8, 4) is 11.5 Å². The lowest BCUT2D eigenvalue weighted by atomic mass is 10.2. The SMILES string of the molecule is COc1ccccc1C(=O)NCC(=O)N/N=C\c1c(Br)cc(Br)c(O)c1Br. The maximum atomic E-state index is 12.1. The van der Waals surface area contributed by atoms with Gasteiger partial charge in [-0.25, -0.2) is 5.43 Å². The van der Waals surface area contributed by atoms with Gasteiger partial charge in [0.1, 0.15) is 11.5 Å². The Morgan fingerprint density at radius 1 is 1.22 bits per heavy atom. The lowest BCUT2D eigenvalue weighted by molar-refractivity contribution is -0.120. The highest BCUT2D eigenvalue weighted by molar-refractivity contribution is 9.11. The molecule has 10 heteroatoms. The average Bonchev–Trinajstić information content (AvgIpc) is 2.66. The highest BCUT2D eigenvalue weighted by atomic mass is 79.9. The number of benzene rings is 2. The van der Waals surface area contributed by atoms with Crippen molar-refractivity contribution < 1.29 is 19.4 Å². The van der Waals surface area contributed by atoms with Gasteiger partial charge in [0.15, 0.2) is 0 Å². The van der Waals surface area contributed by atoms with Crippen molar-refractivity contribution in [3.05, 3.63) is 54.9 Å². The number of hydrazone groups is 1. The summed E-state index contributed by atoms with van der Waals surface area (Å²) in [6.07, 6.45) is 1.36. The van der Waals surface area contributed by atoms with Crippen molar-refractivity contribution in [3.63, 3.8) is 0 Å². The predicted octanol–water partition coefficient (Wildman–Crippen LogP) is 3.57. The Balaban J connectivity index is 1.94. The largest absolute Gasteiger partial charge is 0.506 e. The van der Waals surface area contributed by atoms with E-state index in [9.17, 15) is 14.7 Å². The molecule has 0 bridgehead atoms. The van der Waals surface area contributed by atoms with Gasteiger partial charge in [-0.2, -0.15) is 5.10 Å². The lowest BCUT2D eigenvalue weighted by Crippen LogP contribution is -2.35. The van der Waals surface area contributed by atoms with Crippen LogP contribution < -0.4 is 15.5 Å². The van der Waals surface area contributed by atoms with E-state index in [4.69, 9.17) is 4.74 Å². The molecule has 0 aliphatic rings. The summed E-state index contributed by atoms with van der Waals surface area (Å²) in [6.45, 7) is -0.262. The molecule has 0 unspecified atom stereocenters. The monoisotopic (exact) mass is 561 g/mol. The van der Waals surface area contributed by atoms with Crippen LogP contribution in [0.1, 0.15) is 15.9 Å². The first kappa shape index (κ1) is 21.4. The van der Waals surface area contributed by atoms with Crippen LogP contribution in [0.5, 0.6) is 11.5 Å². The molecule has 7 nitrogen and oxygen atoms in total. The van der Waals surface area contributed by atoms with Gasteiger partial charge in [-0.3, -0.25) is 9.59 Å². The number of para-hydroxylation sites is 1. The first-order valence-corrected chi connectivity index (χ1v) is 9.82. The van der Waals surface area contributed by atoms with Gasteiger partial charge in [0.2, 0.25) is 0 Å². The van der Waals surface area contributed by atoms with E-state index in [2.05, 4.69) is 63.6 Å². The number of phenolic OH excluding ortho intramolecular Hbond substituents is 1. The molecule has 0 aliphatic carbocycles. The van der Waals surface area contributed by atoms with Crippen LogP contribution in [-0.2, 0) is 4.79 Å². The molecule has 2 aromatic rings. The van der Waals surface area contributed by atoms with Crippen LogP contribution in [0.3, 0.4) is 0 Å². The van der Waals surface area contributed by atoms with Gasteiger partial charge in [-0.1, -0.05) is 28.1 Å². The minimum atomic E-state index is -0.511. The first-order chi connectivity index (χ1) is 12.8. The number of aromatic hydroxyl groups is 1. The Labute approximate surface area is 180 Å². The topological polar surface area (TPSA) is 100 Å². The summed E-state index contributed by atoms with van der Waals surface area (Å²) in [7, 11) is 1.46. The maximum Gasteiger partial charge on any atom is 0.259 e. The molecule has 2 amide bonds. The Hall–Kier alpha value is -1.91. The molecule has 142 valence electrons. The third-order valence-corrected chi connectivity index (χ3v) is 5.39. The fourth-order valence-electron chi connectivity index (χ4n) is 2.01. The van der Waals surface area contributed by atoms with E-state index in [1.807, 2.05) is 0 Å². The van der Waals surface area contributed by atoms with E-state index >= 15 is 0 Å². The van der Waals surface area contributed by atoms with Crippen molar-refractivity contribution in [2.24, 2.45) is 5.10 Å². The summed E-state index contributed by atoms with van der Waals surface area (Å²) in [6, 6.07) is 8.34. The van der Waals surface area contributed by atoms with Crippen molar-refractivity contribution in [2.45, 2.75) is 0 Å². The summed E-state index contributed by atoms with van der Waals surface area (Å²) < 4.78 is 6.67. The second-order valence-electron chi connectivity index (χ2n) is 5.09. The zero-order chi connectivity index (χ0) is 20.0. The molecule has 2 rings (SSSR count). The second kappa shape index (κ2) is 9.86. The second-order valence-corrected chi connectivity index (χ2v) is 7.59. The quantitative estimate of drug-likeness (QED) is 0.370. The van der Waals surface area contributed by atoms with Crippen LogP contribution >= 0.6 is 47.8 Å². The molecule has 0 heterocycles. The fraction of sp³-hybridized carbons (Fsp3) is 0.118. The van der Waals surface area contributed by atoms with Crippen molar-refractivity contribution >= 4 is 65.8 Å². The minimum Gasteiger partial charge on any atom is -0.506 e. The molecular weight excluding hydrogens is 550 g/mol. The fourth-order valence-corrected chi connectivity index (χ4v) is 4.33. The Morgan fingerprint density at radius 2 is 1.93 bits per heavy atom. The van der Waals surface area contributed by atoms with Crippen LogP contribution in [0.2, 0.25) is 0 Å². The minimum absolute atomic E-state index is 0.00930. The normalized spacial score (nSPS) is 10.7. The number of phenols is 1. The van der Waals surface area contributed by atoms with Gasteiger partial charge >= 0.3 is 0 Å². The van der Waals surface area contributed by atoms with Crippen LogP contribution in [0.4, 0.5) is 0 Å². The number of rotatable bonds is 6. The number of amides is 2. The van der Waals surface area contributed by atoms with Crippen LogP contribution in [0, 0.1) is 0 Å².